The van der Waals surface area contributed by atoms with Crippen LogP contribution in [-0.2, 0) is 0 Å². The van der Waals surface area contributed by atoms with E-state index >= 15 is 0 Å². The first-order valence-corrected chi connectivity index (χ1v) is 22.1. The van der Waals surface area contributed by atoms with Gasteiger partial charge >= 0.3 is 0 Å². The van der Waals surface area contributed by atoms with Crippen LogP contribution in [0.4, 0.5) is 0 Å². The lowest BCUT2D eigenvalue weighted by Gasteiger charge is -2.12. The van der Waals surface area contributed by atoms with Gasteiger partial charge in [0.2, 0.25) is 0 Å². The van der Waals surface area contributed by atoms with Gasteiger partial charge in [-0.25, -0.2) is 15.0 Å². The third-order valence-electron chi connectivity index (χ3n) is 11.6. The molecule has 63 heavy (non-hydrogen) atoms. The monoisotopic (exact) mass is 845 g/mol. The number of benzene rings is 9. The molecule has 0 saturated heterocycles. The number of nitrogens with zero attached hydrogens (tertiary/aromatic N) is 3. The summed E-state index contributed by atoms with van der Waals surface area (Å²) in [5.74, 6) is 0.633. The van der Waals surface area contributed by atoms with E-state index in [0.717, 1.165) is 68.2 Å². The lowest BCUT2D eigenvalue weighted by molar-refractivity contribution is 0.669. The number of hydrogen-bond donors (Lipinski definition) is 0. The minimum absolute atomic E-state index is 0.00106. The molecule has 0 aliphatic carbocycles. The Morgan fingerprint density at radius 1 is 0.349 bits per heavy atom. The molecule has 0 atom stereocenters. The first-order valence-electron chi connectivity index (χ1n) is 23.5. The Balaban J connectivity index is 1.05. The highest BCUT2D eigenvalue weighted by atomic mass is 32.1. The van der Waals surface area contributed by atoms with Crippen LogP contribution in [0.1, 0.15) is 8.22 Å². The normalized spacial score (nSPS) is 13.1. The van der Waals surface area contributed by atoms with Crippen molar-refractivity contribution in [1.82, 2.24) is 15.0 Å². The smallest absolute Gasteiger partial charge is 0.164 e. The van der Waals surface area contributed by atoms with E-state index in [1.54, 1.807) is 22.7 Å². The molecular weight excluding hydrogens is 807 g/mol. The largest absolute Gasteiger partial charge is 0.456 e. The zero-order valence-corrected chi connectivity index (χ0v) is 34.8. The van der Waals surface area contributed by atoms with Gasteiger partial charge in [-0.1, -0.05) is 139 Å². The Kier molecular flexibility index (Phi) is 6.93. The van der Waals surface area contributed by atoms with Gasteiger partial charge in [0.05, 0.1) is 8.22 Å². The molecule has 0 aliphatic rings. The van der Waals surface area contributed by atoms with Crippen molar-refractivity contribution in [3.63, 3.8) is 0 Å². The van der Waals surface area contributed by atoms with Crippen molar-refractivity contribution >= 4 is 85.0 Å². The average molecular weight is 846 g/mol. The van der Waals surface area contributed by atoms with Crippen LogP contribution in [0.5, 0.6) is 0 Å². The molecule has 0 radical (unpaired) electrons. The Morgan fingerprint density at radius 3 is 1.73 bits per heavy atom. The van der Waals surface area contributed by atoms with Crippen LogP contribution in [0.2, 0.25) is 0 Å². The molecule has 0 aliphatic heterocycles. The summed E-state index contributed by atoms with van der Waals surface area (Å²) in [6.07, 6.45) is 0. The summed E-state index contributed by atoms with van der Waals surface area (Å²) in [5, 5.41) is 4.20. The van der Waals surface area contributed by atoms with Crippen molar-refractivity contribution in [1.29, 1.82) is 0 Å². The molecule has 13 rings (SSSR count). The lowest BCUT2D eigenvalue weighted by atomic mass is 9.98. The van der Waals surface area contributed by atoms with Crippen molar-refractivity contribution in [2.45, 2.75) is 0 Å². The third-order valence-corrected chi connectivity index (χ3v) is 13.9. The second kappa shape index (κ2) is 14.4. The summed E-state index contributed by atoms with van der Waals surface area (Å²) in [6, 6.07) is 53.0. The number of thiophene rings is 2. The molecule has 4 heterocycles. The van der Waals surface area contributed by atoms with Gasteiger partial charge in [-0.3, -0.25) is 0 Å². The molecule has 0 spiro atoms. The van der Waals surface area contributed by atoms with Gasteiger partial charge in [0.15, 0.2) is 17.5 Å². The molecule has 13 aromatic rings. The molecule has 0 bridgehead atoms. The van der Waals surface area contributed by atoms with Crippen LogP contribution in [0.25, 0.3) is 130 Å². The fourth-order valence-corrected chi connectivity index (χ4v) is 10.8. The zero-order valence-electron chi connectivity index (χ0n) is 39.2. The Hall–Kier alpha value is -7.77. The van der Waals surface area contributed by atoms with E-state index in [1.807, 2.05) is 121 Å². The Bertz CT molecular complexity index is 4270. The van der Waals surface area contributed by atoms with Crippen molar-refractivity contribution in [3.8, 4) is 67.5 Å². The maximum Gasteiger partial charge on any atom is 0.164 e. The number of hydrogen-bond acceptors (Lipinski definition) is 6. The zero-order chi connectivity index (χ0) is 46.7. The van der Waals surface area contributed by atoms with Gasteiger partial charge in [0.25, 0.3) is 0 Å². The maximum absolute atomic E-state index is 9.78. The average Bonchev–Trinajstić information content (AvgIpc) is 4.10. The van der Waals surface area contributed by atoms with Crippen LogP contribution in [-0.4, -0.2) is 15.0 Å². The second-order valence-electron chi connectivity index (χ2n) is 15.4. The summed E-state index contributed by atoms with van der Waals surface area (Å²) in [4.78, 5) is 15.3. The third kappa shape index (κ3) is 6.14. The molecule has 0 saturated carbocycles. The van der Waals surface area contributed by atoms with Gasteiger partial charge in [-0.05, 0) is 93.9 Å². The first-order chi connectivity index (χ1) is 33.7. The SMILES string of the molecule is [2H]c1c(-c2ccc3sc4ccccc4c3c2)c([2H])c2c(oc3c([2H])c(-c4nc(-c5ccc(-c6ccccc6)cc5)nc(-c5cc(-c6ccccc6)cc6sc7ccccc7c56)n4)c([2H])c([2H])c32)c1[2H]. The first kappa shape index (κ1) is 30.3. The highest BCUT2D eigenvalue weighted by Gasteiger charge is 2.20. The van der Waals surface area contributed by atoms with E-state index in [4.69, 9.17) is 19.4 Å². The molecule has 0 fully saturated rings. The van der Waals surface area contributed by atoms with E-state index in [0.29, 0.717) is 22.8 Å². The van der Waals surface area contributed by atoms with Gasteiger partial charge in [-0.15, -0.1) is 22.7 Å². The van der Waals surface area contributed by atoms with Crippen LogP contribution < -0.4 is 0 Å². The van der Waals surface area contributed by atoms with Crippen LogP contribution in [0.3, 0.4) is 0 Å². The molecule has 9 aromatic carbocycles. The molecule has 294 valence electrons. The molecule has 0 unspecified atom stereocenters. The predicted octanol–water partition coefficient (Wildman–Crippen LogP) is 16.5. The molecule has 4 nitrogen and oxygen atoms in total. The van der Waals surface area contributed by atoms with Gasteiger partial charge in [-0.2, -0.15) is 0 Å². The van der Waals surface area contributed by atoms with E-state index < -0.39 is 0 Å². The lowest BCUT2D eigenvalue weighted by Crippen LogP contribution is -2.00. The van der Waals surface area contributed by atoms with Crippen molar-refractivity contribution < 1.29 is 12.6 Å². The fraction of sp³-hybridized carbons (Fsp3) is 0. The highest BCUT2D eigenvalue weighted by Crippen LogP contribution is 2.43. The van der Waals surface area contributed by atoms with Crippen LogP contribution in [0, 0.1) is 0 Å². The standard InChI is InChI=1S/C57H33N3OS2/c1-3-11-34(12-4-1)36-19-21-37(22-20-36)55-58-56(60-57(59-55)47-31-41(35-13-5-2-6-14-35)33-53-54(47)44-16-8-10-18-51(44)63-53)40-23-26-42-45-29-38(24-27-48(45)61-49(42)32-40)39-25-28-52-46(30-39)43-15-7-9-17-50(43)62-52/h1-33H/i23D,24D,26D,27D,29D,32D. The van der Waals surface area contributed by atoms with Crippen LogP contribution >= 0.6 is 22.7 Å². The summed E-state index contributed by atoms with van der Waals surface area (Å²) in [7, 11) is 0. The van der Waals surface area contributed by atoms with Crippen molar-refractivity contribution in [2.24, 2.45) is 0 Å². The summed E-state index contributed by atoms with van der Waals surface area (Å²) in [6.45, 7) is 0. The molecular formula is C57H33N3OS2. The number of furan rings is 1. The van der Waals surface area contributed by atoms with E-state index in [-0.39, 0.29) is 75.1 Å². The van der Waals surface area contributed by atoms with Gasteiger partial charge in [0, 0.05) is 67.8 Å². The quantitative estimate of drug-likeness (QED) is 0.167. The van der Waals surface area contributed by atoms with Crippen LogP contribution in [0.15, 0.2) is 204 Å². The maximum atomic E-state index is 9.78. The topological polar surface area (TPSA) is 51.8 Å². The van der Waals surface area contributed by atoms with Gasteiger partial charge in [0.1, 0.15) is 11.2 Å². The predicted molar refractivity (Wildman–Crippen MR) is 265 cm³/mol. The van der Waals surface area contributed by atoms with Gasteiger partial charge < -0.3 is 4.42 Å². The molecule has 6 heteroatoms. The van der Waals surface area contributed by atoms with Crippen molar-refractivity contribution in [3.05, 3.63) is 200 Å². The molecule has 0 N–H and O–H groups in total. The number of aromatic nitrogens is 3. The highest BCUT2D eigenvalue weighted by molar-refractivity contribution is 7.26. The van der Waals surface area contributed by atoms with E-state index in [2.05, 4.69) is 42.5 Å². The summed E-state index contributed by atoms with van der Waals surface area (Å²) < 4.78 is 67.7. The Labute approximate surface area is 378 Å². The molecule has 4 aromatic heterocycles. The Morgan fingerprint density at radius 2 is 0.937 bits per heavy atom. The minimum atomic E-state index is -0.338. The van der Waals surface area contributed by atoms with E-state index in [9.17, 15) is 8.22 Å². The van der Waals surface area contributed by atoms with Crippen molar-refractivity contribution in [2.75, 3.05) is 0 Å². The summed E-state index contributed by atoms with van der Waals surface area (Å²) in [5.41, 5.74) is 6.02. The second-order valence-corrected chi connectivity index (χ2v) is 17.6. The fourth-order valence-electron chi connectivity index (χ4n) is 8.54. The molecule has 0 amide bonds. The van der Waals surface area contributed by atoms with E-state index in [1.165, 1.54) is 0 Å². The number of fused-ring (bicyclic) bond motifs is 9. The minimum Gasteiger partial charge on any atom is -0.456 e. The summed E-state index contributed by atoms with van der Waals surface area (Å²) >= 11 is 3.34. The number of rotatable bonds is 6.